The van der Waals surface area contributed by atoms with Crippen molar-refractivity contribution in [3.05, 3.63) is 101 Å². The van der Waals surface area contributed by atoms with E-state index < -0.39 is 28.1 Å². The molecule has 0 unspecified atom stereocenters. The van der Waals surface area contributed by atoms with Crippen LogP contribution in [0.25, 0.3) is 21.9 Å². The monoisotopic (exact) mass is 670 g/mol. The van der Waals surface area contributed by atoms with Crippen LogP contribution in [0.1, 0.15) is 15.2 Å². The number of carbonyl (C=O) groups is 2. The Morgan fingerprint density at radius 1 is 0.870 bits per heavy atom. The number of alkyl halides is 3. The van der Waals surface area contributed by atoms with E-state index in [1.54, 1.807) is 60.0 Å². The van der Waals surface area contributed by atoms with Gasteiger partial charge in [-0.25, -0.2) is 18.0 Å². The van der Waals surface area contributed by atoms with Gasteiger partial charge in [-0.3, -0.25) is 4.72 Å². The van der Waals surface area contributed by atoms with Gasteiger partial charge in [0.25, 0.3) is 10.0 Å². The highest BCUT2D eigenvalue weighted by atomic mass is 32.2. The van der Waals surface area contributed by atoms with E-state index in [2.05, 4.69) is 10.8 Å². The second kappa shape index (κ2) is 13.6. The predicted molar refractivity (Wildman–Crippen MR) is 163 cm³/mol. The number of nitrogens with zero attached hydrogens (tertiary/aromatic N) is 1. The Kier molecular flexibility index (Phi) is 9.84. The first-order chi connectivity index (χ1) is 21.7. The van der Waals surface area contributed by atoms with Crippen LogP contribution >= 0.6 is 11.3 Å². The van der Waals surface area contributed by atoms with Gasteiger partial charge in [-0.05, 0) is 88.9 Å². The molecular formula is C31H21F3N2O8S2. The number of methoxy groups -OCH3 is 1. The number of carboxylic acids is 2. The number of nitriles is 1. The van der Waals surface area contributed by atoms with Crippen LogP contribution in [0.3, 0.4) is 0 Å². The highest BCUT2D eigenvalue weighted by molar-refractivity contribution is 7.92. The average Bonchev–Trinajstić information content (AvgIpc) is 3.52. The summed E-state index contributed by atoms with van der Waals surface area (Å²) < 4.78 is 71.6. The van der Waals surface area contributed by atoms with Crippen LogP contribution in [0.5, 0.6) is 17.2 Å². The number of hydrogen-bond acceptors (Lipinski definition) is 8. The van der Waals surface area contributed by atoms with E-state index in [1.807, 2.05) is 18.2 Å². The first kappa shape index (κ1) is 33.3. The number of aliphatic carboxylic acids is 1. The number of ether oxygens (including phenoxy) is 2. The van der Waals surface area contributed by atoms with Gasteiger partial charge in [0.2, 0.25) is 0 Å². The van der Waals surface area contributed by atoms with Gasteiger partial charge >= 0.3 is 18.1 Å². The summed E-state index contributed by atoms with van der Waals surface area (Å²) in [7, 11) is -2.44. The number of aromatic carboxylic acids is 1. The molecule has 0 aliphatic heterocycles. The van der Waals surface area contributed by atoms with E-state index in [9.17, 15) is 31.5 Å². The lowest BCUT2D eigenvalue weighted by molar-refractivity contribution is -0.192. The normalized spacial score (nSPS) is 11.1. The predicted octanol–water partition coefficient (Wildman–Crippen LogP) is 7.37. The third-order valence-electron chi connectivity index (χ3n) is 6.16. The summed E-state index contributed by atoms with van der Waals surface area (Å²) in [6, 6.07) is 25.1. The van der Waals surface area contributed by atoms with Gasteiger partial charge in [-0.15, -0.1) is 11.3 Å². The van der Waals surface area contributed by atoms with Crippen LogP contribution in [0.2, 0.25) is 0 Å². The van der Waals surface area contributed by atoms with Crippen LogP contribution in [-0.2, 0) is 14.8 Å². The van der Waals surface area contributed by atoms with Crippen molar-refractivity contribution >= 4 is 49.8 Å². The number of nitrogens with one attached hydrogen (secondary N) is 1. The van der Waals surface area contributed by atoms with Crippen molar-refractivity contribution in [3.63, 3.8) is 0 Å². The fourth-order valence-electron chi connectivity index (χ4n) is 4.03. The molecule has 3 N–H and O–H groups in total. The molecule has 10 nitrogen and oxygen atoms in total. The van der Waals surface area contributed by atoms with Crippen LogP contribution in [0.4, 0.5) is 18.9 Å². The lowest BCUT2D eigenvalue weighted by Gasteiger charge is -2.15. The molecule has 0 atom stereocenters. The largest absolute Gasteiger partial charge is 0.497 e. The Labute approximate surface area is 263 Å². The Morgan fingerprint density at radius 3 is 2.11 bits per heavy atom. The lowest BCUT2D eigenvalue weighted by atomic mass is 10.0. The van der Waals surface area contributed by atoms with E-state index in [-0.39, 0.29) is 15.5 Å². The minimum absolute atomic E-state index is 0.0441. The highest BCUT2D eigenvalue weighted by Gasteiger charge is 2.38. The number of fused-ring (bicyclic) bond motifs is 1. The molecule has 0 amide bonds. The second-order valence-corrected chi connectivity index (χ2v) is 11.8. The minimum atomic E-state index is -5.08. The molecule has 4 aromatic carbocycles. The molecule has 0 radical (unpaired) electrons. The molecule has 0 aliphatic carbocycles. The zero-order chi connectivity index (χ0) is 33.6. The summed E-state index contributed by atoms with van der Waals surface area (Å²) in [5, 5.41) is 29.4. The van der Waals surface area contributed by atoms with Crippen molar-refractivity contribution in [2.75, 3.05) is 11.8 Å². The maximum absolute atomic E-state index is 13.0. The van der Waals surface area contributed by atoms with Gasteiger partial charge in [0.15, 0.2) is 0 Å². The molecule has 0 saturated carbocycles. The molecule has 5 rings (SSSR count). The zero-order valence-electron chi connectivity index (χ0n) is 23.4. The molecule has 1 heterocycles. The number of halogens is 3. The first-order valence-electron chi connectivity index (χ1n) is 12.8. The van der Waals surface area contributed by atoms with Gasteiger partial charge in [-0.2, -0.15) is 18.4 Å². The maximum atomic E-state index is 13.0. The summed E-state index contributed by atoms with van der Waals surface area (Å²) in [5.74, 6) is -2.50. The molecule has 46 heavy (non-hydrogen) atoms. The Bertz CT molecular complexity index is 2070. The molecule has 5 aromatic rings. The van der Waals surface area contributed by atoms with Gasteiger partial charge in [0.05, 0.1) is 23.6 Å². The number of sulfonamides is 1. The molecule has 0 bridgehead atoms. The van der Waals surface area contributed by atoms with Gasteiger partial charge in [0, 0.05) is 16.8 Å². The molecule has 0 saturated heterocycles. The third kappa shape index (κ3) is 7.92. The number of benzene rings is 4. The smallest absolute Gasteiger partial charge is 0.490 e. The van der Waals surface area contributed by atoms with Crippen LogP contribution in [0, 0.1) is 11.3 Å². The summed E-state index contributed by atoms with van der Waals surface area (Å²) in [6.07, 6.45) is -5.08. The van der Waals surface area contributed by atoms with E-state index in [4.69, 9.17) is 24.6 Å². The van der Waals surface area contributed by atoms with Crippen molar-refractivity contribution < 1.29 is 50.9 Å². The van der Waals surface area contributed by atoms with Crippen molar-refractivity contribution in [2.24, 2.45) is 0 Å². The quantitative estimate of drug-likeness (QED) is 0.153. The zero-order valence-corrected chi connectivity index (χ0v) is 25.0. The molecule has 0 fully saturated rings. The van der Waals surface area contributed by atoms with Crippen molar-refractivity contribution in [2.45, 2.75) is 11.1 Å². The molecule has 0 spiro atoms. The molecule has 236 valence electrons. The van der Waals surface area contributed by atoms with Gasteiger partial charge in [0.1, 0.15) is 22.1 Å². The summed E-state index contributed by atoms with van der Waals surface area (Å²) in [5.41, 5.74) is 1.58. The molecule has 0 aliphatic rings. The molecule has 1 aromatic heterocycles. The van der Waals surface area contributed by atoms with Crippen molar-refractivity contribution in [3.8, 4) is 34.4 Å². The summed E-state index contributed by atoms with van der Waals surface area (Å²) in [4.78, 5) is 20.9. The number of rotatable bonds is 8. The average molecular weight is 671 g/mol. The fraction of sp³-hybridized carbons (Fsp3) is 0.0645. The van der Waals surface area contributed by atoms with Gasteiger partial charge < -0.3 is 19.7 Å². The number of anilines is 1. The minimum Gasteiger partial charge on any atom is -0.497 e. The lowest BCUT2D eigenvalue weighted by Crippen LogP contribution is -2.21. The topological polar surface area (TPSA) is 163 Å². The number of carboxylic acid groups (broad SMARTS) is 2. The first-order valence-corrected chi connectivity index (χ1v) is 15.1. The van der Waals surface area contributed by atoms with E-state index in [0.717, 1.165) is 22.1 Å². The standard InChI is InChI=1S/C29H20N2O6S2.C2HF3O2/c1-36-22-7-9-24(10-8-22)39(34,35)31-21-5-11-27(26(16-21)25-12-13-38-28(25)29(32)33)37-23-6-4-19-14-18(17-30)2-3-20(19)15-23;3-2(4,5)1(6)7/h2-16,31H,1H3,(H,32,33);(H,6,7). The van der Waals surface area contributed by atoms with Crippen molar-refractivity contribution in [1.29, 1.82) is 5.26 Å². The van der Waals surface area contributed by atoms with Crippen LogP contribution < -0.4 is 14.2 Å². The summed E-state index contributed by atoms with van der Waals surface area (Å²) in [6.45, 7) is 0. The second-order valence-electron chi connectivity index (χ2n) is 9.20. The molecule has 15 heteroatoms. The number of thiophene rings is 1. The van der Waals surface area contributed by atoms with Crippen LogP contribution in [-0.4, -0.2) is 43.9 Å². The van der Waals surface area contributed by atoms with E-state index >= 15 is 0 Å². The fourth-order valence-corrected chi connectivity index (χ4v) is 5.83. The number of hydrogen-bond donors (Lipinski definition) is 3. The maximum Gasteiger partial charge on any atom is 0.490 e. The Balaban J connectivity index is 0.000000617. The van der Waals surface area contributed by atoms with Gasteiger partial charge in [-0.1, -0.05) is 12.1 Å². The van der Waals surface area contributed by atoms with E-state index in [1.165, 1.54) is 19.2 Å². The van der Waals surface area contributed by atoms with E-state index in [0.29, 0.717) is 33.9 Å². The third-order valence-corrected chi connectivity index (χ3v) is 8.46. The molecular weight excluding hydrogens is 649 g/mol. The SMILES string of the molecule is COc1ccc(S(=O)(=O)Nc2ccc(Oc3ccc4cc(C#N)ccc4c3)c(-c3ccsc3C(=O)O)c2)cc1.O=C(O)C(F)(F)F. The Morgan fingerprint density at radius 2 is 1.50 bits per heavy atom. The van der Waals surface area contributed by atoms with Crippen molar-refractivity contribution in [1.82, 2.24) is 0 Å². The Hall–Kier alpha value is -5.59. The summed E-state index contributed by atoms with van der Waals surface area (Å²) >= 11 is 1.06. The highest BCUT2D eigenvalue weighted by Crippen LogP contribution is 2.40. The van der Waals surface area contributed by atoms with Crippen LogP contribution in [0.15, 0.2) is 95.2 Å².